The van der Waals surface area contributed by atoms with Gasteiger partial charge in [0.1, 0.15) is 47.8 Å². The van der Waals surface area contributed by atoms with E-state index in [2.05, 4.69) is 0 Å². The summed E-state index contributed by atoms with van der Waals surface area (Å²) >= 11 is 0. The van der Waals surface area contributed by atoms with Crippen molar-refractivity contribution in [3.63, 3.8) is 0 Å². The number of anilines is 3. The quantitative estimate of drug-likeness (QED) is 0.220. The van der Waals surface area contributed by atoms with Gasteiger partial charge < -0.3 is 38.2 Å². The standard InChI is InChI=1S/C39H48N4O10/c1-8-41(27-13-14-34-32(20-27)42(15-10-16-48-5)36(45)25-52-34)37(46)33-22-40(38(47)53-39(2,3)4)23-35(44)43(33)28-11-9-12-29(19-28)51-24-26-17-30(49-6)21-31(18-26)50-7/h9,11-14,17-21,33H,8,10,15-16,22-25H2,1-7H3. The van der Waals surface area contributed by atoms with Crippen LogP contribution < -0.4 is 33.6 Å². The van der Waals surface area contributed by atoms with E-state index in [1.807, 2.05) is 19.1 Å². The van der Waals surface area contributed by atoms with Gasteiger partial charge in [0, 0.05) is 50.3 Å². The number of methoxy groups -OCH3 is 3. The Labute approximate surface area is 310 Å². The average molecular weight is 733 g/mol. The first-order valence-electron chi connectivity index (χ1n) is 17.5. The van der Waals surface area contributed by atoms with Crippen LogP contribution in [0.1, 0.15) is 39.7 Å². The molecule has 0 spiro atoms. The molecular formula is C39H48N4O10. The highest BCUT2D eigenvalue weighted by Crippen LogP contribution is 2.37. The van der Waals surface area contributed by atoms with E-state index in [0.29, 0.717) is 59.6 Å². The van der Waals surface area contributed by atoms with Crippen molar-refractivity contribution in [2.45, 2.75) is 52.4 Å². The van der Waals surface area contributed by atoms with Crippen LogP contribution in [0.4, 0.5) is 21.9 Å². The lowest BCUT2D eigenvalue weighted by atomic mass is 10.1. The molecule has 14 nitrogen and oxygen atoms in total. The van der Waals surface area contributed by atoms with Crippen molar-refractivity contribution in [2.24, 2.45) is 0 Å². The first-order chi connectivity index (χ1) is 25.3. The van der Waals surface area contributed by atoms with Crippen LogP contribution in [0.15, 0.2) is 60.7 Å². The van der Waals surface area contributed by atoms with Crippen LogP contribution in [-0.2, 0) is 30.5 Å². The average Bonchev–Trinajstić information content (AvgIpc) is 3.14. The molecule has 1 unspecified atom stereocenters. The second kappa shape index (κ2) is 16.9. The second-order valence-electron chi connectivity index (χ2n) is 13.6. The monoisotopic (exact) mass is 732 g/mol. The van der Waals surface area contributed by atoms with Crippen molar-refractivity contribution in [3.8, 4) is 23.0 Å². The number of likely N-dealkylation sites (N-methyl/N-ethyl adjacent to an activating group) is 1. The Balaban J connectivity index is 1.47. The predicted octanol–water partition coefficient (Wildman–Crippen LogP) is 5.05. The van der Waals surface area contributed by atoms with Gasteiger partial charge >= 0.3 is 6.09 Å². The summed E-state index contributed by atoms with van der Waals surface area (Å²) in [4.78, 5) is 60.8. The number of carbonyl (C=O) groups is 4. The van der Waals surface area contributed by atoms with E-state index >= 15 is 0 Å². The molecule has 284 valence electrons. The van der Waals surface area contributed by atoms with Crippen LogP contribution in [0.3, 0.4) is 0 Å². The predicted molar refractivity (Wildman–Crippen MR) is 198 cm³/mol. The fourth-order valence-electron chi connectivity index (χ4n) is 6.20. The molecule has 0 aromatic heterocycles. The Morgan fingerprint density at radius 3 is 2.32 bits per heavy atom. The summed E-state index contributed by atoms with van der Waals surface area (Å²) in [5.41, 5.74) is 1.44. The number of fused-ring (bicyclic) bond motifs is 1. The highest BCUT2D eigenvalue weighted by atomic mass is 16.6. The summed E-state index contributed by atoms with van der Waals surface area (Å²) in [7, 11) is 4.74. The third-order valence-corrected chi connectivity index (χ3v) is 8.66. The maximum Gasteiger partial charge on any atom is 0.410 e. The van der Waals surface area contributed by atoms with E-state index < -0.39 is 29.6 Å². The summed E-state index contributed by atoms with van der Waals surface area (Å²) in [6.45, 7) is 7.80. The van der Waals surface area contributed by atoms with Crippen molar-refractivity contribution in [3.05, 3.63) is 66.2 Å². The molecule has 5 rings (SSSR count). The minimum atomic E-state index is -1.13. The lowest BCUT2D eigenvalue weighted by Gasteiger charge is -2.42. The number of carbonyl (C=O) groups excluding carboxylic acids is 4. The highest BCUT2D eigenvalue weighted by molar-refractivity contribution is 6.09. The number of ether oxygens (including phenoxy) is 6. The molecule has 2 heterocycles. The summed E-state index contributed by atoms with van der Waals surface area (Å²) in [6, 6.07) is 16.4. The molecular weight excluding hydrogens is 684 g/mol. The molecule has 1 saturated heterocycles. The van der Waals surface area contributed by atoms with Gasteiger partial charge in [-0.05, 0) is 82.1 Å². The van der Waals surface area contributed by atoms with Crippen LogP contribution in [-0.4, -0.2) is 101 Å². The van der Waals surface area contributed by atoms with Crippen molar-refractivity contribution >= 4 is 40.9 Å². The third kappa shape index (κ3) is 9.30. The molecule has 3 aromatic rings. The van der Waals surface area contributed by atoms with Crippen LogP contribution >= 0.6 is 0 Å². The molecule has 53 heavy (non-hydrogen) atoms. The zero-order valence-electron chi connectivity index (χ0n) is 31.4. The normalized spacial score (nSPS) is 15.8. The Morgan fingerprint density at radius 1 is 0.925 bits per heavy atom. The minimum Gasteiger partial charge on any atom is -0.497 e. The Kier molecular flexibility index (Phi) is 12.3. The molecule has 1 fully saturated rings. The van der Waals surface area contributed by atoms with Gasteiger partial charge in [0.15, 0.2) is 6.61 Å². The maximum absolute atomic E-state index is 14.7. The van der Waals surface area contributed by atoms with Gasteiger partial charge in [-0.25, -0.2) is 4.79 Å². The summed E-state index contributed by atoms with van der Waals surface area (Å²) in [5.74, 6) is 1.09. The van der Waals surface area contributed by atoms with E-state index in [-0.39, 0.29) is 38.8 Å². The minimum absolute atomic E-state index is 0.0914. The first-order valence-corrected chi connectivity index (χ1v) is 17.5. The molecule has 4 amide bonds. The topological polar surface area (TPSA) is 137 Å². The number of piperazine rings is 1. The molecule has 0 aliphatic carbocycles. The van der Waals surface area contributed by atoms with Crippen LogP contribution in [0.5, 0.6) is 23.0 Å². The molecule has 0 N–H and O–H groups in total. The van der Waals surface area contributed by atoms with Crippen LogP contribution in [0, 0.1) is 0 Å². The third-order valence-electron chi connectivity index (χ3n) is 8.66. The van der Waals surface area contributed by atoms with E-state index in [0.717, 1.165) is 5.56 Å². The summed E-state index contributed by atoms with van der Waals surface area (Å²) in [5, 5.41) is 0. The zero-order valence-corrected chi connectivity index (χ0v) is 31.4. The smallest absolute Gasteiger partial charge is 0.410 e. The molecule has 3 aromatic carbocycles. The number of hydrogen-bond donors (Lipinski definition) is 0. The number of benzene rings is 3. The zero-order chi connectivity index (χ0) is 38.3. The maximum atomic E-state index is 14.7. The van der Waals surface area contributed by atoms with Crippen LogP contribution in [0.2, 0.25) is 0 Å². The van der Waals surface area contributed by atoms with Crippen molar-refractivity contribution in [2.75, 3.05) is 75.4 Å². The summed E-state index contributed by atoms with van der Waals surface area (Å²) < 4.78 is 33.4. The molecule has 0 bridgehead atoms. The number of hydrogen-bond acceptors (Lipinski definition) is 10. The largest absolute Gasteiger partial charge is 0.497 e. The second-order valence-corrected chi connectivity index (χ2v) is 13.6. The van der Waals surface area contributed by atoms with Gasteiger partial charge in [0.25, 0.3) is 11.8 Å². The Morgan fingerprint density at radius 2 is 1.66 bits per heavy atom. The SMILES string of the molecule is CCN(C(=O)C1CN(C(=O)OC(C)(C)C)CC(=O)N1c1cccc(OCc2cc(OC)cc(OC)c2)c1)c1ccc2c(c1)N(CCCOC)C(=O)CO2. The van der Waals surface area contributed by atoms with E-state index in [4.69, 9.17) is 28.4 Å². The molecule has 2 aliphatic rings. The van der Waals surface area contributed by atoms with Gasteiger partial charge in [-0.3, -0.25) is 24.2 Å². The fourth-order valence-corrected chi connectivity index (χ4v) is 6.20. The highest BCUT2D eigenvalue weighted by Gasteiger charge is 2.43. The van der Waals surface area contributed by atoms with Crippen molar-refractivity contribution < 1.29 is 47.6 Å². The molecule has 0 saturated carbocycles. The van der Waals surface area contributed by atoms with Gasteiger partial charge in [0.2, 0.25) is 5.91 Å². The number of amides is 4. The van der Waals surface area contributed by atoms with Crippen LogP contribution in [0.25, 0.3) is 0 Å². The van der Waals surface area contributed by atoms with Gasteiger partial charge in [-0.2, -0.15) is 0 Å². The Bertz CT molecular complexity index is 1790. The first kappa shape index (κ1) is 38.7. The lowest BCUT2D eigenvalue weighted by Crippen LogP contribution is -2.63. The molecule has 14 heteroatoms. The molecule has 2 aliphatic heterocycles. The van der Waals surface area contributed by atoms with E-state index in [1.54, 1.807) is 95.5 Å². The lowest BCUT2D eigenvalue weighted by molar-refractivity contribution is -0.128. The number of nitrogens with zero attached hydrogens (tertiary/aromatic N) is 4. The van der Waals surface area contributed by atoms with Crippen molar-refractivity contribution in [1.82, 2.24) is 4.90 Å². The van der Waals surface area contributed by atoms with E-state index in [1.165, 1.54) is 14.7 Å². The molecule has 1 atom stereocenters. The Hall–Kier alpha value is -5.50. The molecule has 0 radical (unpaired) electrons. The van der Waals surface area contributed by atoms with Crippen molar-refractivity contribution in [1.29, 1.82) is 0 Å². The van der Waals surface area contributed by atoms with E-state index in [9.17, 15) is 19.2 Å². The van der Waals surface area contributed by atoms with Gasteiger partial charge in [-0.15, -0.1) is 0 Å². The van der Waals surface area contributed by atoms with Gasteiger partial charge in [0.05, 0.1) is 26.5 Å². The number of rotatable bonds is 13. The fraction of sp³-hybridized carbons (Fsp3) is 0.436. The summed E-state index contributed by atoms with van der Waals surface area (Å²) in [6.07, 6.45) is -0.0910. The van der Waals surface area contributed by atoms with Gasteiger partial charge in [-0.1, -0.05) is 6.07 Å².